The summed E-state index contributed by atoms with van der Waals surface area (Å²) in [4.78, 5) is 11.6. The smallest absolute Gasteiger partial charge is 0.251 e. The van der Waals surface area contributed by atoms with Crippen molar-refractivity contribution >= 4 is 5.91 Å². The Morgan fingerprint density at radius 2 is 2.07 bits per heavy atom. The summed E-state index contributed by atoms with van der Waals surface area (Å²) in [5.74, 6) is 1.17. The van der Waals surface area contributed by atoms with E-state index in [-0.39, 0.29) is 18.7 Å². The Hall–Kier alpha value is -1.75. The number of carbonyl (C=O) groups excluding carboxylic acids is 1. The summed E-state index contributed by atoms with van der Waals surface area (Å²) in [6, 6.07) is 3.31. The second-order valence-electron chi connectivity index (χ2n) is 3.61. The van der Waals surface area contributed by atoms with Crippen molar-refractivity contribution in [3.05, 3.63) is 23.3 Å². The van der Waals surface area contributed by atoms with Gasteiger partial charge in [-0.2, -0.15) is 0 Å². The van der Waals surface area contributed by atoms with Gasteiger partial charge in [-0.1, -0.05) is 0 Å². The molecule has 5 heteroatoms. The first-order valence-electron chi connectivity index (χ1n) is 4.73. The summed E-state index contributed by atoms with van der Waals surface area (Å²) in [5, 5.41) is 2.72. The van der Waals surface area contributed by atoms with Gasteiger partial charge in [0.25, 0.3) is 5.91 Å². The van der Waals surface area contributed by atoms with Crippen LogP contribution in [0, 0.1) is 0 Å². The monoisotopic (exact) mass is 206 g/mol. The second-order valence-corrected chi connectivity index (χ2v) is 3.61. The van der Waals surface area contributed by atoms with Gasteiger partial charge in [0.1, 0.15) is 0 Å². The van der Waals surface area contributed by atoms with Crippen molar-refractivity contribution in [2.75, 3.05) is 13.3 Å². The van der Waals surface area contributed by atoms with E-state index in [1.165, 1.54) is 0 Å². The lowest BCUT2D eigenvalue weighted by Gasteiger charge is -2.22. The number of hydrogen-bond acceptors (Lipinski definition) is 4. The van der Waals surface area contributed by atoms with E-state index in [2.05, 4.69) is 5.32 Å². The minimum atomic E-state index is -0.174. The summed E-state index contributed by atoms with van der Waals surface area (Å²) in [6.07, 6.45) is 0. The minimum Gasteiger partial charge on any atom is -0.454 e. The Bertz CT molecular complexity index is 445. The lowest BCUT2D eigenvalue weighted by atomic mass is 9.96. The molecule has 2 heterocycles. The zero-order valence-electron chi connectivity index (χ0n) is 7.95. The molecule has 78 valence electrons. The third kappa shape index (κ3) is 1.16. The van der Waals surface area contributed by atoms with Crippen LogP contribution >= 0.6 is 0 Å². The average molecular weight is 206 g/mol. The summed E-state index contributed by atoms with van der Waals surface area (Å²) >= 11 is 0. The van der Waals surface area contributed by atoms with Crippen molar-refractivity contribution in [2.24, 2.45) is 5.73 Å². The van der Waals surface area contributed by atoms with Gasteiger partial charge in [0.15, 0.2) is 11.5 Å². The molecule has 1 amide bonds. The summed E-state index contributed by atoms with van der Waals surface area (Å²) in [7, 11) is 0. The molecule has 1 aromatic rings. The van der Waals surface area contributed by atoms with Crippen molar-refractivity contribution in [1.82, 2.24) is 5.32 Å². The van der Waals surface area contributed by atoms with Gasteiger partial charge >= 0.3 is 0 Å². The fraction of sp³-hybridized carbons (Fsp3) is 0.300. The van der Waals surface area contributed by atoms with Crippen LogP contribution < -0.4 is 20.5 Å². The Balaban J connectivity index is 2.19. The molecule has 0 saturated heterocycles. The number of hydrogen-bond donors (Lipinski definition) is 2. The minimum absolute atomic E-state index is 0.106. The predicted molar refractivity (Wildman–Crippen MR) is 51.8 cm³/mol. The number of rotatable bonds is 0. The highest BCUT2D eigenvalue weighted by atomic mass is 16.7. The van der Waals surface area contributed by atoms with Gasteiger partial charge in [0, 0.05) is 18.2 Å². The van der Waals surface area contributed by atoms with Gasteiger partial charge in [-0.05, 0) is 17.7 Å². The van der Waals surface area contributed by atoms with E-state index in [4.69, 9.17) is 15.2 Å². The van der Waals surface area contributed by atoms with Crippen molar-refractivity contribution in [3.63, 3.8) is 0 Å². The lowest BCUT2D eigenvalue weighted by Crippen LogP contribution is -2.38. The average Bonchev–Trinajstić information content (AvgIpc) is 2.69. The van der Waals surface area contributed by atoms with Crippen LogP contribution in [-0.4, -0.2) is 19.2 Å². The highest BCUT2D eigenvalue weighted by molar-refractivity contribution is 5.97. The fourth-order valence-electron chi connectivity index (χ4n) is 1.87. The Labute approximate surface area is 86.2 Å². The van der Waals surface area contributed by atoms with Gasteiger partial charge in [-0.15, -0.1) is 0 Å². The topological polar surface area (TPSA) is 73.6 Å². The second kappa shape index (κ2) is 2.87. The van der Waals surface area contributed by atoms with Crippen molar-refractivity contribution in [1.29, 1.82) is 0 Å². The molecule has 2 aliphatic rings. The molecule has 0 bridgehead atoms. The van der Waals surface area contributed by atoms with Crippen molar-refractivity contribution < 1.29 is 14.3 Å². The van der Waals surface area contributed by atoms with Gasteiger partial charge in [0.2, 0.25) is 6.79 Å². The molecular weight excluding hydrogens is 196 g/mol. The first kappa shape index (κ1) is 8.55. The van der Waals surface area contributed by atoms with Crippen LogP contribution in [0.15, 0.2) is 12.1 Å². The molecular formula is C10H10N2O3. The van der Waals surface area contributed by atoms with Crippen LogP contribution in [-0.2, 0) is 0 Å². The predicted octanol–water partition coefficient (Wildman–Crippen LogP) is 0.158. The third-order valence-electron chi connectivity index (χ3n) is 2.67. The Kier molecular flexibility index (Phi) is 1.63. The largest absolute Gasteiger partial charge is 0.454 e. The molecule has 0 saturated carbocycles. The van der Waals surface area contributed by atoms with Gasteiger partial charge in [0.05, 0.1) is 0 Å². The maximum atomic E-state index is 11.6. The third-order valence-corrected chi connectivity index (χ3v) is 2.67. The molecule has 5 nitrogen and oxygen atoms in total. The number of fused-ring (bicyclic) bond motifs is 2. The number of carbonyl (C=O) groups is 1. The van der Waals surface area contributed by atoms with E-state index in [0.717, 1.165) is 5.56 Å². The maximum absolute atomic E-state index is 11.6. The number of amides is 1. The first-order valence-corrected chi connectivity index (χ1v) is 4.73. The van der Waals surface area contributed by atoms with E-state index in [1.807, 2.05) is 0 Å². The molecule has 2 aliphatic heterocycles. The molecule has 0 fully saturated rings. The molecule has 0 aliphatic carbocycles. The van der Waals surface area contributed by atoms with E-state index in [0.29, 0.717) is 23.6 Å². The van der Waals surface area contributed by atoms with Crippen LogP contribution in [0.3, 0.4) is 0 Å². The summed E-state index contributed by atoms with van der Waals surface area (Å²) in [5.41, 5.74) is 7.30. The molecule has 0 spiro atoms. The summed E-state index contributed by atoms with van der Waals surface area (Å²) < 4.78 is 10.4. The number of nitrogens with one attached hydrogen (secondary N) is 1. The SMILES string of the molecule is NC1CNC(=O)c2cc3c(cc21)OCO3. The molecule has 0 aromatic heterocycles. The highest BCUT2D eigenvalue weighted by Crippen LogP contribution is 2.37. The fourth-order valence-corrected chi connectivity index (χ4v) is 1.87. The van der Waals surface area contributed by atoms with E-state index in [9.17, 15) is 4.79 Å². The summed E-state index contributed by atoms with van der Waals surface area (Å²) in [6.45, 7) is 0.667. The zero-order valence-corrected chi connectivity index (χ0v) is 7.95. The Morgan fingerprint density at radius 3 is 2.87 bits per heavy atom. The Morgan fingerprint density at radius 1 is 1.33 bits per heavy atom. The molecule has 3 rings (SSSR count). The lowest BCUT2D eigenvalue weighted by molar-refractivity contribution is 0.0940. The highest BCUT2D eigenvalue weighted by Gasteiger charge is 2.27. The molecule has 1 unspecified atom stereocenters. The van der Waals surface area contributed by atoms with Crippen LogP contribution in [0.1, 0.15) is 22.0 Å². The van der Waals surface area contributed by atoms with E-state index >= 15 is 0 Å². The van der Waals surface area contributed by atoms with Crippen molar-refractivity contribution in [2.45, 2.75) is 6.04 Å². The van der Waals surface area contributed by atoms with Crippen LogP contribution in [0.25, 0.3) is 0 Å². The van der Waals surface area contributed by atoms with E-state index in [1.54, 1.807) is 12.1 Å². The van der Waals surface area contributed by atoms with E-state index < -0.39 is 0 Å². The van der Waals surface area contributed by atoms with Crippen molar-refractivity contribution in [3.8, 4) is 11.5 Å². The zero-order chi connectivity index (χ0) is 10.4. The number of benzene rings is 1. The molecule has 15 heavy (non-hydrogen) atoms. The molecule has 1 aromatic carbocycles. The number of nitrogens with two attached hydrogens (primary N) is 1. The first-order chi connectivity index (χ1) is 7.25. The van der Waals surface area contributed by atoms with Crippen LogP contribution in [0.2, 0.25) is 0 Å². The maximum Gasteiger partial charge on any atom is 0.251 e. The van der Waals surface area contributed by atoms with Gasteiger partial charge in [-0.25, -0.2) is 0 Å². The standard InChI is InChI=1S/C10H10N2O3/c11-7-3-12-10(13)6-2-9-8(1-5(6)7)14-4-15-9/h1-2,7H,3-4,11H2,(H,12,13). The van der Waals surface area contributed by atoms with Gasteiger partial charge < -0.3 is 20.5 Å². The van der Waals surface area contributed by atoms with Crippen LogP contribution in [0.4, 0.5) is 0 Å². The number of ether oxygens (including phenoxy) is 2. The van der Waals surface area contributed by atoms with Crippen LogP contribution in [0.5, 0.6) is 11.5 Å². The molecule has 1 atom stereocenters. The molecule has 3 N–H and O–H groups in total. The quantitative estimate of drug-likeness (QED) is 0.634. The van der Waals surface area contributed by atoms with Gasteiger partial charge in [-0.3, -0.25) is 4.79 Å². The molecule has 0 radical (unpaired) electrons. The normalized spacial score (nSPS) is 22.2.